The van der Waals surface area contributed by atoms with Gasteiger partial charge in [-0.1, -0.05) is 12.5 Å². The molecule has 1 N–H and O–H groups in total. The minimum Gasteiger partial charge on any atom is -0.272 e. The number of aromatic nitrogens is 2. The summed E-state index contributed by atoms with van der Waals surface area (Å²) >= 11 is 1.82. The van der Waals surface area contributed by atoms with Crippen molar-refractivity contribution in [2.24, 2.45) is 0 Å². The third kappa shape index (κ3) is 4.43. The quantitative estimate of drug-likeness (QED) is 0.615. The van der Waals surface area contributed by atoms with Gasteiger partial charge in [0.05, 0.1) is 16.7 Å². The highest BCUT2D eigenvalue weighted by Gasteiger charge is 2.01. The number of benzene rings is 1. The smallest absolute Gasteiger partial charge is 0.0991 e. The number of rotatable bonds is 7. The third-order valence-corrected chi connectivity index (χ3v) is 4.33. The minimum absolute atomic E-state index is 0.764. The largest absolute Gasteiger partial charge is 0.272 e. The maximum atomic E-state index is 8.92. The summed E-state index contributed by atoms with van der Waals surface area (Å²) in [4.78, 5) is 0. The molecule has 0 bridgehead atoms. The molecule has 0 spiro atoms. The molecule has 0 aliphatic carbocycles. The van der Waals surface area contributed by atoms with E-state index in [1.807, 2.05) is 36.0 Å². The predicted octanol–water partition coefficient (Wildman–Crippen LogP) is 4.09. The fourth-order valence-electron chi connectivity index (χ4n) is 2.11. The van der Waals surface area contributed by atoms with Gasteiger partial charge in [0.25, 0.3) is 0 Å². The van der Waals surface area contributed by atoms with Crippen LogP contribution in [0, 0.1) is 18.3 Å². The van der Waals surface area contributed by atoms with Gasteiger partial charge in [-0.05, 0) is 61.3 Å². The molecule has 1 aromatic heterocycles. The molecule has 0 radical (unpaired) electrons. The van der Waals surface area contributed by atoms with E-state index in [2.05, 4.69) is 23.2 Å². The normalized spacial score (nSPS) is 10.4. The summed E-state index contributed by atoms with van der Waals surface area (Å²) in [7, 11) is 0. The first-order chi connectivity index (χ1) is 9.79. The van der Waals surface area contributed by atoms with Gasteiger partial charge in [-0.3, -0.25) is 5.10 Å². The number of thioether (sulfide) groups is 1. The molecule has 20 heavy (non-hydrogen) atoms. The first-order valence-electron chi connectivity index (χ1n) is 6.91. The molecule has 0 atom stereocenters. The molecular formula is C16H19N3S. The van der Waals surface area contributed by atoms with E-state index in [1.165, 1.54) is 30.4 Å². The van der Waals surface area contributed by atoms with Gasteiger partial charge in [0.1, 0.15) is 0 Å². The van der Waals surface area contributed by atoms with Crippen molar-refractivity contribution in [1.82, 2.24) is 10.2 Å². The van der Waals surface area contributed by atoms with E-state index in [0.29, 0.717) is 0 Å². The van der Waals surface area contributed by atoms with E-state index >= 15 is 0 Å². The lowest BCUT2D eigenvalue weighted by Gasteiger charge is -2.06. The Bertz CT molecular complexity index is 570. The van der Waals surface area contributed by atoms with E-state index in [-0.39, 0.29) is 0 Å². The zero-order chi connectivity index (χ0) is 14.2. The lowest BCUT2D eigenvalue weighted by atomic mass is 10.00. The molecule has 0 saturated heterocycles. The van der Waals surface area contributed by atoms with Crippen molar-refractivity contribution in [2.75, 3.05) is 5.75 Å². The number of hydrogen-bond donors (Lipinski definition) is 1. The van der Waals surface area contributed by atoms with Crippen LogP contribution in [0.3, 0.4) is 0 Å². The van der Waals surface area contributed by atoms with Crippen LogP contribution in [0.4, 0.5) is 0 Å². The second kappa shape index (κ2) is 7.76. The molecule has 1 heterocycles. The number of aryl methyl sites for hydroxylation is 2. The van der Waals surface area contributed by atoms with Gasteiger partial charge >= 0.3 is 0 Å². The second-order valence-corrected chi connectivity index (χ2v) is 5.97. The van der Waals surface area contributed by atoms with E-state index in [0.717, 1.165) is 22.8 Å². The first-order valence-corrected chi connectivity index (χ1v) is 7.90. The molecule has 0 unspecified atom stereocenters. The van der Waals surface area contributed by atoms with Gasteiger partial charge in [0.15, 0.2) is 0 Å². The van der Waals surface area contributed by atoms with E-state index in [9.17, 15) is 0 Å². The standard InChI is InChI=1S/C16H19N3S/c1-13-6-7-14(12-17)11-15(13)5-3-2-4-10-20-16-8-9-18-19-16/h6-9,11H,2-5,10H2,1H3,(H,18,19). The molecule has 0 aliphatic heterocycles. The van der Waals surface area contributed by atoms with Crippen molar-refractivity contribution >= 4 is 11.8 Å². The Kier molecular flexibility index (Phi) is 5.69. The van der Waals surface area contributed by atoms with Crippen molar-refractivity contribution in [3.05, 3.63) is 47.2 Å². The van der Waals surface area contributed by atoms with Crippen LogP contribution in [0.5, 0.6) is 0 Å². The number of nitriles is 1. The molecule has 0 saturated carbocycles. The Hall–Kier alpha value is -1.73. The zero-order valence-electron chi connectivity index (χ0n) is 11.7. The lowest BCUT2D eigenvalue weighted by molar-refractivity contribution is 0.720. The monoisotopic (exact) mass is 285 g/mol. The topological polar surface area (TPSA) is 52.5 Å². The first kappa shape index (κ1) is 14.7. The predicted molar refractivity (Wildman–Crippen MR) is 82.8 cm³/mol. The summed E-state index contributed by atoms with van der Waals surface area (Å²) < 4.78 is 0. The maximum Gasteiger partial charge on any atom is 0.0991 e. The number of H-pyrrole nitrogens is 1. The number of nitrogens with zero attached hydrogens (tertiary/aromatic N) is 2. The van der Waals surface area contributed by atoms with Gasteiger partial charge in [0, 0.05) is 6.20 Å². The van der Waals surface area contributed by atoms with Crippen molar-refractivity contribution in [3.8, 4) is 6.07 Å². The molecule has 3 nitrogen and oxygen atoms in total. The number of hydrogen-bond acceptors (Lipinski definition) is 3. The molecule has 2 aromatic rings. The Labute approximate surface area is 124 Å². The van der Waals surface area contributed by atoms with Crippen molar-refractivity contribution < 1.29 is 0 Å². The average molecular weight is 285 g/mol. The fourth-order valence-corrected chi connectivity index (χ4v) is 2.95. The Morgan fingerprint density at radius 2 is 2.15 bits per heavy atom. The van der Waals surface area contributed by atoms with Gasteiger partial charge in [-0.25, -0.2) is 0 Å². The summed E-state index contributed by atoms with van der Waals surface area (Å²) in [5.41, 5.74) is 3.36. The Morgan fingerprint density at radius 3 is 2.90 bits per heavy atom. The van der Waals surface area contributed by atoms with Crippen LogP contribution >= 0.6 is 11.8 Å². The second-order valence-electron chi connectivity index (χ2n) is 4.83. The van der Waals surface area contributed by atoms with E-state index < -0.39 is 0 Å². The van der Waals surface area contributed by atoms with Crippen molar-refractivity contribution in [2.45, 2.75) is 37.6 Å². The molecule has 1 aromatic carbocycles. The lowest BCUT2D eigenvalue weighted by Crippen LogP contribution is -1.92. The highest BCUT2D eigenvalue weighted by Crippen LogP contribution is 2.18. The molecule has 2 rings (SSSR count). The van der Waals surface area contributed by atoms with Gasteiger partial charge in [0.2, 0.25) is 0 Å². The van der Waals surface area contributed by atoms with Crippen LogP contribution in [-0.2, 0) is 6.42 Å². The van der Waals surface area contributed by atoms with Crippen molar-refractivity contribution in [3.63, 3.8) is 0 Å². The molecule has 0 fully saturated rings. The average Bonchev–Trinajstić information content (AvgIpc) is 2.97. The van der Waals surface area contributed by atoms with Crippen LogP contribution in [0.1, 0.15) is 36.0 Å². The summed E-state index contributed by atoms with van der Waals surface area (Å²) in [6, 6.07) is 10.2. The SMILES string of the molecule is Cc1ccc(C#N)cc1CCCCCSc1ccn[nH]1. The summed E-state index contributed by atoms with van der Waals surface area (Å²) in [5.74, 6) is 1.12. The van der Waals surface area contributed by atoms with Crippen molar-refractivity contribution in [1.29, 1.82) is 5.26 Å². The maximum absolute atomic E-state index is 8.92. The van der Waals surface area contributed by atoms with Crippen LogP contribution < -0.4 is 0 Å². The summed E-state index contributed by atoms with van der Waals surface area (Å²) in [6.07, 6.45) is 6.46. The fraction of sp³-hybridized carbons (Fsp3) is 0.375. The molecule has 104 valence electrons. The van der Waals surface area contributed by atoms with Gasteiger partial charge in [-0.15, -0.1) is 11.8 Å². The minimum atomic E-state index is 0.764. The Morgan fingerprint density at radius 1 is 1.25 bits per heavy atom. The Balaban J connectivity index is 1.67. The van der Waals surface area contributed by atoms with E-state index in [4.69, 9.17) is 5.26 Å². The van der Waals surface area contributed by atoms with Gasteiger partial charge in [-0.2, -0.15) is 10.4 Å². The zero-order valence-corrected chi connectivity index (χ0v) is 12.5. The number of unbranched alkanes of at least 4 members (excludes halogenated alkanes) is 2. The van der Waals surface area contributed by atoms with Crippen LogP contribution in [0.25, 0.3) is 0 Å². The number of aromatic amines is 1. The molecule has 0 amide bonds. The highest BCUT2D eigenvalue weighted by molar-refractivity contribution is 7.99. The third-order valence-electron chi connectivity index (χ3n) is 3.30. The van der Waals surface area contributed by atoms with Crippen LogP contribution in [0.15, 0.2) is 35.5 Å². The summed E-state index contributed by atoms with van der Waals surface area (Å²) in [6.45, 7) is 2.12. The summed E-state index contributed by atoms with van der Waals surface area (Å²) in [5, 5.41) is 17.0. The molecule has 0 aliphatic rings. The van der Waals surface area contributed by atoms with Gasteiger partial charge < -0.3 is 0 Å². The van der Waals surface area contributed by atoms with Crippen LogP contribution in [0.2, 0.25) is 0 Å². The molecular weight excluding hydrogens is 266 g/mol. The molecule has 4 heteroatoms. The van der Waals surface area contributed by atoms with E-state index in [1.54, 1.807) is 6.20 Å². The number of nitrogens with one attached hydrogen (secondary N) is 1. The highest BCUT2D eigenvalue weighted by atomic mass is 32.2. The van der Waals surface area contributed by atoms with Crippen LogP contribution in [-0.4, -0.2) is 16.0 Å².